The summed E-state index contributed by atoms with van der Waals surface area (Å²) in [7, 11) is 3.54. The lowest BCUT2D eigenvalue weighted by molar-refractivity contribution is -0.129. The topological polar surface area (TPSA) is 29.5 Å². The lowest BCUT2D eigenvalue weighted by atomic mass is 10.0. The normalized spacial score (nSPS) is 15.2. The fourth-order valence-corrected chi connectivity index (χ4v) is 1.79. The number of methoxy groups -OCH3 is 1. The molecule has 0 atom stereocenters. The molecule has 1 aliphatic carbocycles. The van der Waals surface area contributed by atoms with E-state index in [1.165, 1.54) is 0 Å². The van der Waals surface area contributed by atoms with Crippen molar-refractivity contribution in [2.45, 2.75) is 32.6 Å². The third kappa shape index (κ3) is 3.72. The summed E-state index contributed by atoms with van der Waals surface area (Å²) in [4.78, 5) is 13.6. The minimum Gasteiger partial charge on any atom is -0.501 e. The van der Waals surface area contributed by atoms with Gasteiger partial charge in [0, 0.05) is 20.0 Å². The van der Waals surface area contributed by atoms with Gasteiger partial charge in [0.25, 0.3) is 0 Å². The van der Waals surface area contributed by atoms with Crippen LogP contribution in [0.2, 0.25) is 0 Å². The molecule has 0 aliphatic heterocycles. The van der Waals surface area contributed by atoms with Crippen molar-refractivity contribution in [2.24, 2.45) is 0 Å². The zero-order valence-corrected chi connectivity index (χ0v) is 10.5. The van der Waals surface area contributed by atoms with Gasteiger partial charge < -0.3 is 9.64 Å². The van der Waals surface area contributed by atoms with Gasteiger partial charge in [-0.2, -0.15) is 0 Å². The first kappa shape index (κ1) is 12.8. The van der Waals surface area contributed by atoms with Crippen LogP contribution in [0.4, 0.5) is 0 Å². The second-order valence-corrected chi connectivity index (χ2v) is 4.12. The lowest BCUT2D eigenvalue weighted by Gasteiger charge is -2.18. The van der Waals surface area contributed by atoms with E-state index in [9.17, 15) is 4.79 Å². The number of hydrogen-bond donors (Lipinski definition) is 0. The molecule has 0 aromatic heterocycles. The van der Waals surface area contributed by atoms with Gasteiger partial charge in [0.05, 0.1) is 19.3 Å². The van der Waals surface area contributed by atoms with Crippen LogP contribution in [-0.4, -0.2) is 31.5 Å². The van der Waals surface area contributed by atoms with Crippen LogP contribution >= 0.6 is 0 Å². The summed E-state index contributed by atoms with van der Waals surface area (Å²) in [5.74, 6) is 1.16. The largest absolute Gasteiger partial charge is 0.501 e. The van der Waals surface area contributed by atoms with E-state index < -0.39 is 0 Å². The first-order valence-electron chi connectivity index (χ1n) is 5.85. The summed E-state index contributed by atoms with van der Waals surface area (Å²) in [5, 5.41) is 0. The average molecular weight is 223 g/mol. The van der Waals surface area contributed by atoms with E-state index in [1.807, 2.05) is 13.1 Å². The van der Waals surface area contributed by atoms with Gasteiger partial charge in [-0.05, 0) is 24.5 Å². The van der Waals surface area contributed by atoms with Crippen molar-refractivity contribution >= 4 is 5.91 Å². The second-order valence-electron chi connectivity index (χ2n) is 4.12. The molecule has 1 amide bonds. The number of hydrogen-bond acceptors (Lipinski definition) is 2. The van der Waals surface area contributed by atoms with Crippen LogP contribution < -0.4 is 0 Å². The van der Waals surface area contributed by atoms with Gasteiger partial charge >= 0.3 is 0 Å². The molecule has 3 nitrogen and oxygen atoms in total. The van der Waals surface area contributed by atoms with Crippen molar-refractivity contribution in [3.63, 3.8) is 0 Å². The van der Waals surface area contributed by atoms with Crippen LogP contribution in [0.3, 0.4) is 0 Å². The lowest BCUT2D eigenvalue weighted by Crippen LogP contribution is -2.27. The van der Waals surface area contributed by atoms with Crippen LogP contribution in [0.5, 0.6) is 0 Å². The molecule has 0 saturated heterocycles. The molecule has 16 heavy (non-hydrogen) atoms. The highest BCUT2D eigenvalue weighted by Gasteiger charge is 2.12. The molecule has 0 aromatic rings. The summed E-state index contributed by atoms with van der Waals surface area (Å²) in [6.07, 6.45) is 7.52. The molecule has 0 bridgehead atoms. The Morgan fingerprint density at radius 2 is 2.31 bits per heavy atom. The minimum atomic E-state index is 0.182. The van der Waals surface area contributed by atoms with Crippen LogP contribution in [0.25, 0.3) is 0 Å². The predicted octanol–water partition coefficient (Wildman–Crippen LogP) is 2.50. The summed E-state index contributed by atoms with van der Waals surface area (Å²) >= 11 is 0. The number of carbonyl (C=O) groups is 1. The van der Waals surface area contributed by atoms with Gasteiger partial charge in [-0.3, -0.25) is 4.79 Å². The van der Waals surface area contributed by atoms with Crippen molar-refractivity contribution in [3.05, 3.63) is 23.5 Å². The van der Waals surface area contributed by atoms with Crippen LogP contribution in [0, 0.1) is 0 Å². The second kappa shape index (κ2) is 6.36. The van der Waals surface area contributed by atoms with E-state index in [1.54, 1.807) is 12.0 Å². The maximum Gasteiger partial charge on any atom is 0.226 e. The molecule has 0 N–H and O–H groups in total. The predicted molar refractivity (Wildman–Crippen MR) is 65.0 cm³/mol. The highest BCUT2D eigenvalue weighted by molar-refractivity contribution is 5.79. The molecule has 0 aromatic carbocycles. The fraction of sp³-hybridized carbons (Fsp3) is 0.615. The molecule has 90 valence electrons. The molecule has 0 radical (unpaired) electrons. The Morgan fingerprint density at radius 1 is 1.56 bits per heavy atom. The van der Waals surface area contributed by atoms with Crippen molar-refractivity contribution in [1.82, 2.24) is 4.90 Å². The van der Waals surface area contributed by atoms with Crippen molar-refractivity contribution < 1.29 is 9.53 Å². The summed E-state index contributed by atoms with van der Waals surface area (Å²) in [5.41, 5.74) is 1.08. The average Bonchev–Trinajstić information content (AvgIpc) is 2.29. The van der Waals surface area contributed by atoms with Gasteiger partial charge in [-0.25, -0.2) is 0 Å². The Morgan fingerprint density at radius 3 is 2.94 bits per heavy atom. The SMILES string of the molecule is CCCN(C)C(=O)CC1=CCCC(OC)=C1. The maximum atomic E-state index is 11.8. The van der Waals surface area contributed by atoms with E-state index in [-0.39, 0.29) is 5.91 Å². The van der Waals surface area contributed by atoms with E-state index in [2.05, 4.69) is 13.0 Å². The molecule has 1 rings (SSSR count). The van der Waals surface area contributed by atoms with Crippen LogP contribution in [-0.2, 0) is 9.53 Å². The zero-order chi connectivity index (χ0) is 12.0. The standard InChI is InChI=1S/C13H21NO2/c1-4-8-14(2)13(15)10-11-6-5-7-12(9-11)16-3/h6,9H,4-5,7-8,10H2,1-3H3. The van der Waals surface area contributed by atoms with E-state index in [0.29, 0.717) is 6.42 Å². The van der Waals surface area contributed by atoms with Gasteiger partial charge in [0.1, 0.15) is 0 Å². The first-order chi connectivity index (χ1) is 7.67. The van der Waals surface area contributed by atoms with E-state index in [0.717, 1.165) is 37.1 Å². The Balaban J connectivity index is 2.51. The van der Waals surface area contributed by atoms with Crippen LogP contribution in [0.15, 0.2) is 23.5 Å². The summed E-state index contributed by atoms with van der Waals surface area (Å²) in [6.45, 7) is 2.90. The Labute approximate surface area is 97.8 Å². The number of nitrogens with zero attached hydrogens (tertiary/aromatic N) is 1. The molecule has 1 aliphatic rings. The van der Waals surface area contributed by atoms with Gasteiger partial charge in [-0.15, -0.1) is 0 Å². The van der Waals surface area contributed by atoms with Crippen LogP contribution in [0.1, 0.15) is 32.6 Å². The number of carbonyl (C=O) groups excluding carboxylic acids is 1. The molecular weight excluding hydrogens is 202 g/mol. The number of rotatable bonds is 5. The Kier molecular flexibility index (Phi) is 5.09. The first-order valence-corrected chi connectivity index (χ1v) is 5.85. The molecule has 0 heterocycles. The molecule has 3 heteroatoms. The third-order valence-corrected chi connectivity index (χ3v) is 2.75. The van der Waals surface area contributed by atoms with Crippen molar-refractivity contribution in [1.29, 1.82) is 0 Å². The van der Waals surface area contributed by atoms with Gasteiger partial charge in [0.2, 0.25) is 5.91 Å². The number of ether oxygens (including phenoxy) is 1. The minimum absolute atomic E-state index is 0.182. The number of allylic oxidation sites excluding steroid dienone is 3. The van der Waals surface area contributed by atoms with Crippen molar-refractivity contribution in [3.8, 4) is 0 Å². The molecule has 0 fully saturated rings. The quantitative estimate of drug-likeness (QED) is 0.716. The maximum absolute atomic E-state index is 11.8. The van der Waals surface area contributed by atoms with Crippen molar-refractivity contribution in [2.75, 3.05) is 20.7 Å². The summed E-state index contributed by atoms with van der Waals surface area (Å²) in [6, 6.07) is 0. The Hall–Kier alpha value is -1.25. The van der Waals surface area contributed by atoms with E-state index >= 15 is 0 Å². The zero-order valence-electron chi connectivity index (χ0n) is 10.5. The third-order valence-electron chi connectivity index (χ3n) is 2.75. The van der Waals surface area contributed by atoms with Gasteiger partial charge in [-0.1, -0.05) is 13.0 Å². The molecular formula is C13H21NO2. The smallest absolute Gasteiger partial charge is 0.226 e. The number of amides is 1. The highest BCUT2D eigenvalue weighted by atomic mass is 16.5. The molecule has 0 unspecified atom stereocenters. The summed E-state index contributed by atoms with van der Waals surface area (Å²) < 4.78 is 5.21. The van der Waals surface area contributed by atoms with Gasteiger partial charge in [0.15, 0.2) is 0 Å². The van der Waals surface area contributed by atoms with E-state index in [4.69, 9.17) is 4.74 Å². The fourth-order valence-electron chi connectivity index (χ4n) is 1.79. The molecule has 0 spiro atoms. The monoisotopic (exact) mass is 223 g/mol. The molecule has 0 saturated carbocycles. The Bertz CT molecular complexity index is 305. The highest BCUT2D eigenvalue weighted by Crippen LogP contribution is 2.20.